The van der Waals surface area contributed by atoms with E-state index in [1.165, 1.54) is 20.2 Å². The summed E-state index contributed by atoms with van der Waals surface area (Å²) >= 11 is 0. The van der Waals surface area contributed by atoms with Crippen LogP contribution in [-0.4, -0.2) is 54.2 Å². The van der Waals surface area contributed by atoms with Crippen LogP contribution in [0, 0.1) is 0 Å². The van der Waals surface area contributed by atoms with E-state index in [2.05, 4.69) is 15.6 Å². The Labute approximate surface area is 193 Å². The maximum atomic E-state index is 12.4. The highest BCUT2D eigenvalue weighted by Crippen LogP contribution is 2.21. The second kappa shape index (κ2) is 10.1. The van der Waals surface area contributed by atoms with E-state index < -0.39 is 16.1 Å². The van der Waals surface area contributed by atoms with Crippen LogP contribution in [0.3, 0.4) is 0 Å². The second-order valence-electron chi connectivity index (χ2n) is 8.02. The molecule has 0 radical (unpaired) electrons. The number of nitrogens with zero attached hydrogens (tertiary/aromatic N) is 3. The fraction of sp³-hybridized carbons (Fsp3) is 0.348. The minimum atomic E-state index is -3.56. The summed E-state index contributed by atoms with van der Waals surface area (Å²) < 4.78 is 27.7. The van der Waals surface area contributed by atoms with E-state index in [4.69, 9.17) is 0 Å². The van der Waals surface area contributed by atoms with Crippen LogP contribution < -0.4 is 10.6 Å². The molecular weight excluding hydrogens is 442 g/mol. The molecule has 0 aliphatic carbocycles. The van der Waals surface area contributed by atoms with E-state index in [0.717, 1.165) is 15.4 Å². The first kappa shape index (κ1) is 24.4. The number of benzene rings is 2. The van der Waals surface area contributed by atoms with Crippen molar-refractivity contribution in [2.45, 2.75) is 37.2 Å². The summed E-state index contributed by atoms with van der Waals surface area (Å²) in [6.45, 7) is 2.03. The third-order valence-electron chi connectivity index (χ3n) is 5.38. The molecule has 1 atom stereocenters. The van der Waals surface area contributed by atoms with E-state index in [1.54, 1.807) is 19.1 Å². The number of carbonyl (C=O) groups is 2. The van der Waals surface area contributed by atoms with Gasteiger partial charge in [0, 0.05) is 40.5 Å². The van der Waals surface area contributed by atoms with Crippen LogP contribution >= 0.6 is 0 Å². The first-order valence-corrected chi connectivity index (χ1v) is 12.0. The molecule has 0 saturated heterocycles. The van der Waals surface area contributed by atoms with Crippen LogP contribution in [0.2, 0.25) is 0 Å². The van der Waals surface area contributed by atoms with Crippen molar-refractivity contribution in [3.63, 3.8) is 0 Å². The summed E-state index contributed by atoms with van der Waals surface area (Å²) in [4.78, 5) is 29.3. The van der Waals surface area contributed by atoms with Gasteiger partial charge in [-0.05, 0) is 30.7 Å². The van der Waals surface area contributed by atoms with E-state index in [1.807, 2.05) is 41.9 Å². The molecule has 0 spiro atoms. The van der Waals surface area contributed by atoms with Crippen LogP contribution in [0.15, 0.2) is 53.4 Å². The van der Waals surface area contributed by atoms with Gasteiger partial charge in [-0.25, -0.2) is 17.7 Å². The average Bonchev–Trinajstić information content (AvgIpc) is 3.11. The van der Waals surface area contributed by atoms with E-state index in [-0.39, 0.29) is 23.1 Å². The fourth-order valence-corrected chi connectivity index (χ4v) is 4.29. The lowest BCUT2D eigenvalue weighted by Gasteiger charge is -2.14. The van der Waals surface area contributed by atoms with Crippen LogP contribution in [0.1, 0.15) is 24.7 Å². The smallest absolute Gasteiger partial charge is 0.242 e. The molecule has 2 N–H and O–H groups in total. The number of aromatic nitrogens is 2. The monoisotopic (exact) mass is 471 g/mol. The van der Waals surface area contributed by atoms with Crippen molar-refractivity contribution in [3.05, 3.63) is 59.9 Å². The fourth-order valence-electron chi connectivity index (χ4n) is 3.37. The van der Waals surface area contributed by atoms with Crippen molar-refractivity contribution < 1.29 is 18.0 Å². The second-order valence-corrected chi connectivity index (χ2v) is 10.2. The summed E-state index contributed by atoms with van der Waals surface area (Å²) in [6.07, 6.45) is 0.501. The van der Waals surface area contributed by atoms with Gasteiger partial charge in [0.15, 0.2) is 0 Å². The Morgan fingerprint density at radius 3 is 2.48 bits per heavy atom. The van der Waals surface area contributed by atoms with E-state index in [9.17, 15) is 18.0 Å². The molecule has 10 heteroatoms. The quantitative estimate of drug-likeness (QED) is 0.492. The van der Waals surface area contributed by atoms with Crippen molar-refractivity contribution in [1.82, 2.24) is 24.5 Å². The Morgan fingerprint density at radius 2 is 1.82 bits per heavy atom. The zero-order chi connectivity index (χ0) is 24.2. The maximum Gasteiger partial charge on any atom is 0.242 e. The Hall–Kier alpha value is -3.24. The van der Waals surface area contributed by atoms with Gasteiger partial charge in [-0.15, -0.1) is 0 Å². The molecule has 176 valence electrons. The molecule has 2 aromatic carbocycles. The van der Waals surface area contributed by atoms with Gasteiger partial charge < -0.3 is 15.2 Å². The minimum Gasteiger partial charge on any atom is -0.350 e. The summed E-state index contributed by atoms with van der Waals surface area (Å²) in [5, 5.41) is 5.52. The molecule has 3 aromatic rings. The van der Waals surface area contributed by atoms with Crippen LogP contribution in [0.4, 0.5) is 0 Å². The molecule has 1 aromatic heterocycles. The van der Waals surface area contributed by atoms with Gasteiger partial charge >= 0.3 is 0 Å². The molecule has 1 unspecified atom stereocenters. The summed E-state index contributed by atoms with van der Waals surface area (Å²) in [7, 11) is 1.22. The molecule has 33 heavy (non-hydrogen) atoms. The van der Waals surface area contributed by atoms with Gasteiger partial charge in [0.2, 0.25) is 21.8 Å². The predicted octanol–water partition coefficient (Wildman–Crippen LogP) is 1.58. The lowest BCUT2D eigenvalue weighted by atomic mass is 10.2. The van der Waals surface area contributed by atoms with Crippen molar-refractivity contribution in [3.8, 4) is 0 Å². The molecule has 1 heterocycles. The number of amides is 2. The number of hydrogen-bond donors (Lipinski definition) is 2. The summed E-state index contributed by atoms with van der Waals surface area (Å²) in [5.74, 6) is 0.130. The van der Waals surface area contributed by atoms with Gasteiger partial charge in [-0.2, -0.15) is 0 Å². The largest absolute Gasteiger partial charge is 0.350 e. The van der Waals surface area contributed by atoms with Gasteiger partial charge in [0.1, 0.15) is 11.9 Å². The van der Waals surface area contributed by atoms with E-state index >= 15 is 0 Å². The Bertz CT molecular complexity index is 1250. The maximum absolute atomic E-state index is 12.4. The summed E-state index contributed by atoms with van der Waals surface area (Å²) in [6, 6.07) is 13.7. The topological polar surface area (TPSA) is 113 Å². The number of fused-ring (bicyclic) bond motifs is 1. The molecule has 9 nitrogen and oxygen atoms in total. The number of carbonyl (C=O) groups excluding carboxylic acids is 2. The van der Waals surface area contributed by atoms with Gasteiger partial charge in [0.25, 0.3) is 0 Å². The van der Waals surface area contributed by atoms with Gasteiger partial charge in [0.05, 0.1) is 15.9 Å². The van der Waals surface area contributed by atoms with Crippen molar-refractivity contribution in [1.29, 1.82) is 0 Å². The third-order valence-corrected chi connectivity index (χ3v) is 7.19. The lowest BCUT2D eigenvalue weighted by Crippen LogP contribution is -2.44. The lowest BCUT2D eigenvalue weighted by molar-refractivity contribution is -0.128. The Kier molecular flexibility index (Phi) is 7.50. The number of nitrogens with one attached hydrogen (secondary N) is 2. The normalized spacial score (nSPS) is 12.6. The molecule has 0 aliphatic rings. The number of imidazole rings is 1. The highest BCUT2D eigenvalue weighted by Gasteiger charge is 2.20. The first-order chi connectivity index (χ1) is 15.6. The van der Waals surface area contributed by atoms with Crippen LogP contribution in [-0.2, 0) is 39.6 Å². The molecular formula is C23H29N5O4S. The SMILES string of the molecule is CC(NC(=O)CCc1nc2cc(S(=O)(=O)N(C)C)ccc2n1C)C(=O)NCc1ccccc1. The molecule has 0 aliphatic heterocycles. The highest BCUT2D eigenvalue weighted by atomic mass is 32.2. The van der Waals surface area contributed by atoms with Crippen LogP contribution in [0.25, 0.3) is 11.0 Å². The average molecular weight is 472 g/mol. The zero-order valence-corrected chi connectivity index (χ0v) is 20.0. The first-order valence-electron chi connectivity index (χ1n) is 10.6. The molecule has 0 saturated carbocycles. The molecule has 0 fully saturated rings. The van der Waals surface area contributed by atoms with Gasteiger partial charge in [-0.3, -0.25) is 9.59 Å². The molecule has 2 amide bonds. The third kappa shape index (κ3) is 5.77. The number of aryl methyl sites for hydroxylation is 2. The van der Waals surface area contributed by atoms with Crippen molar-refractivity contribution in [2.75, 3.05) is 14.1 Å². The molecule has 3 rings (SSSR count). The van der Waals surface area contributed by atoms with Crippen molar-refractivity contribution in [2.24, 2.45) is 7.05 Å². The predicted molar refractivity (Wildman–Crippen MR) is 126 cm³/mol. The minimum absolute atomic E-state index is 0.149. The Morgan fingerprint density at radius 1 is 1.12 bits per heavy atom. The van der Waals surface area contributed by atoms with Crippen molar-refractivity contribution >= 4 is 32.9 Å². The summed E-state index contributed by atoms with van der Waals surface area (Å²) in [5.41, 5.74) is 2.30. The zero-order valence-electron chi connectivity index (χ0n) is 19.2. The Balaban J connectivity index is 1.58. The standard InChI is InChI=1S/C23H29N5O4S/c1-16(23(30)24-15-17-8-6-5-7-9-17)25-22(29)13-12-21-26-19-14-18(33(31,32)27(2)3)10-11-20(19)28(21)4/h5-11,14,16H,12-13,15H2,1-4H3,(H,24,30)(H,25,29). The number of hydrogen-bond acceptors (Lipinski definition) is 5. The molecule has 0 bridgehead atoms. The number of sulfonamides is 1. The van der Waals surface area contributed by atoms with Gasteiger partial charge in [-0.1, -0.05) is 30.3 Å². The number of rotatable bonds is 9. The van der Waals surface area contributed by atoms with E-state index in [0.29, 0.717) is 24.3 Å². The highest BCUT2D eigenvalue weighted by molar-refractivity contribution is 7.89. The van der Waals surface area contributed by atoms with Crippen LogP contribution in [0.5, 0.6) is 0 Å².